The van der Waals surface area contributed by atoms with E-state index >= 15 is 0 Å². The zero-order valence-electron chi connectivity index (χ0n) is 58.7. The van der Waals surface area contributed by atoms with Crippen molar-refractivity contribution in [3.05, 3.63) is 36.5 Å². The van der Waals surface area contributed by atoms with Crippen molar-refractivity contribution < 1.29 is 42.9 Å². The molecule has 0 aromatic carbocycles. The lowest BCUT2D eigenvalue weighted by atomic mass is 10.0. The molecule has 0 saturated heterocycles. The zero-order valence-corrected chi connectivity index (χ0v) is 58.7. The SMILES string of the molecule is CCCCCCC/C=C\C/C=C\C/C=C\CCCCCCCCCCCCCCCCC(=O)OC(COC(=O)CCCCCCCCCCCCCCCCCCCCCCCCCCCCCCCCCCC)COC(OCC[N+](C)(C)C)C(=O)[O-]. The van der Waals surface area contributed by atoms with Crippen molar-refractivity contribution in [1.29, 1.82) is 0 Å². The van der Waals surface area contributed by atoms with Crippen LogP contribution in [0.3, 0.4) is 0 Å². The van der Waals surface area contributed by atoms with Gasteiger partial charge < -0.3 is 33.3 Å². The van der Waals surface area contributed by atoms with E-state index in [2.05, 4.69) is 50.3 Å². The molecule has 512 valence electrons. The molecule has 2 unspecified atom stereocenters. The Labute approximate surface area is 540 Å². The number of carbonyl (C=O) groups excluding carboxylic acids is 3. The summed E-state index contributed by atoms with van der Waals surface area (Å²) in [5.41, 5.74) is 0. The molecule has 0 aliphatic heterocycles. The topological polar surface area (TPSA) is 111 Å². The lowest BCUT2D eigenvalue weighted by Crippen LogP contribution is -2.44. The molecule has 87 heavy (non-hydrogen) atoms. The van der Waals surface area contributed by atoms with Gasteiger partial charge in [-0.15, -0.1) is 0 Å². The highest BCUT2D eigenvalue weighted by molar-refractivity contribution is 5.70. The van der Waals surface area contributed by atoms with Gasteiger partial charge in [0.05, 0.1) is 40.3 Å². The number of carboxylic acid groups (broad SMARTS) is 1. The Morgan fingerprint density at radius 2 is 0.621 bits per heavy atom. The van der Waals surface area contributed by atoms with Crippen molar-refractivity contribution in [2.45, 2.75) is 399 Å². The van der Waals surface area contributed by atoms with Crippen molar-refractivity contribution >= 4 is 17.9 Å². The predicted molar refractivity (Wildman–Crippen MR) is 371 cm³/mol. The number of rotatable bonds is 72. The van der Waals surface area contributed by atoms with E-state index in [0.717, 1.165) is 44.9 Å². The molecule has 0 rings (SSSR count). The van der Waals surface area contributed by atoms with E-state index in [-0.39, 0.29) is 32.2 Å². The predicted octanol–water partition coefficient (Wildman–Crippen LogP) is 22.6. The average Bonchev–Trinajstić information content (AvgIpc) is 3.57. The third-order valence-electron chi connectivity index (χ3n) is 17.4. The molecule has 0 aliphatic rings. The summed E-state index contributed by atoms with van der Waals surface area (Å²) in [5, 5.41) is 11.8. The monoisotopic (exact) mass is 1230 g/mol. The summed E-state index contributed by atoms with van der Waals surface area (Å²) >= 11 is 0. The fourth-order valence-electron chi connectivity index (χ4n) is 11.6. The van der Waals surface area contributed by atoms with E-state index in [9.17, 15) is 19.5 Å². The molecule has 0 N–H and O–H groups in total. The highest BCUT2D eigenvalue weighted by Crippen LogP contribution is 2.19. The smallest absolute Gasteiger partial charge is 0.306 e. The van der Waals surface area contributed by atoms with Gasteiger partial charge in [-0.05, 0) is 51.4 Å². The Bertz CT molecular complexity index is 1520. The van der Waals surface area contributed by atoms with Crippen LogP contribution in [-0.4, -0.2) is 82.3 Å². The van der Waals surface area contributed by atoms with E-state index in [1.165, 1.54) is 308 Å². The molecule has 0 heterocycles. The third kappa shape index (κ3) is 70.8. The molecular formula is C78H147NO8. The first-order chi connectivity index (χ1) is 42.6. The highest BCUT2D eigenvalue weighted by atomic mass is 16.7. The summed E-state index contributed by atoms with van der Waals surface area (Å²) in [7, 11) is 5.95. The molecule has 9 heteroatoms. The van der Waals surface area contributed by atoms with Crippen LogP contribution < -0.4 is 5.11 Å². The van der Waals surface area contributed by atoms with Crippen molar-refractivity contribution in [2.24, 2.45) is 0 Å². The Balaban J connectivity index is 4.01. The van der Waals surface area contributed by atoms with Crippen LogP contribution >= 0.6 is 0 Å². The second-order valence-electron chi connectivity index (χ2n) is 27.3. The van der Waals surface area contributed by atoms with Crippen LogP contribution in [0.15, 0.2) is 36.5 Å². The minimum absolute atomic E-state index is 0.150. The first-order valence-electron chi connectivity index (χ1n) is 38.1. The van der Waals surface area contributed by atoms with Crippen molar-refractivity contribution in [1.82, 2.24) is 0 Å². The summed E-state index contributed by atoms with van der Waals surface area (Å²) in [5.74, 6) is -2.25. The number of ether oxygens (including phenoxy) is 4. The maximum absolute atomic E-state index is 12.9. The van der Waals surface area contributed by atoms with Crippen LogP contribution in [0, 0.1) is 0 Å². The summed E-state index contributed by atoms with van der Waals surface area (Å²) in [6.45, 7) is 4.81. The Hall–Kier alpha value is -2.49. The Kier molecular flexibility index (Phi) is 67.4. The first kappa shape index (κ1) is 84.5. The van der Waals surface area contributed by atoms with Gasteiger partial charge in [0, 0.05) is 12.8 Å². The minimum atomic E-state index is -1.62. The molecule has 0 radical (unpaired) electrons. The molecule has 0 fully saturated rings. The zero-order chi connectivity index (χ0) is 63.3. The maximum Gasteiger partial charge on any atom is 0.306 e. The Morgan fingerprint density at radius 3 is 0.920 bits per heavy atom. The summed E-state index contributed by atoms with van der Waals surface area (Å²) in [4.78, 5) is 37.6. The number of aliphatic carboxylic acids is 1. The lowest BCUT2D eigenvalue weighted by molar-refractivity contribution is -0.870. The normalized spacial score (nSPS) is 12.8. The van der Waals surface area contributed by atoms with Gasteiger partial charge in [-0.1, -0.05) is 359 Å². The van der Waals surface area contributed by atoms with Gasteiger partial charge in [0.2, 0.25) is 0 Å². The number of nitrogens with zero attached hydrogens (tertiary/aromatic N) is 1. The lowest BCUT2D eigenvalue weighted by Gasteiger charge is -2.26. The number of allylic oxidation sites excluding steroid dienone is 6. The number of quaternary nitrogens is 1. The first-order valence-corrected chi connectivity index (χ1v) is 38.1. The number of hydrogen-bond acceptors (Lipinski definition) is 8. The molecule has 0 saturated carbocycles. The van der Waals surface area contributed by atoms with Crippen LogP contribution in [-0.2, 0) is 33.3 Å². The van der Waals surface area contributed by atoms with Crippen LogP contribution in [0.25, 0.3) is 0 Å². The van der Waals surface area contributed by atoms with Crippen LogP contribution in [0.5, 0.6) is 0 Å². The summed E-state index contributed by atoms with van der Waals surface area (Å²) < 4.78 is 22.9. The molecule has 0 amide bonds. The molecule has 0 aromatic heterocycles. The summed E-state index contributed by atoms with van der Waals surface area (Å²) in [6, 6.07) is 0. The molecule has 0 aromatic rings. The maximum atomic E-state index is 12.9. The molecular weight excluding hydrogens is 1080 g/mol. The van der Waals surface area contributed by atoms with Gasteiger partial charge in [-0.3, -0.25) is 9.59 Å². The number of carbonyl (C=O) groups is 3. The van der Waals surface area contributed by atoms with E-state index in [4.69, 9.17) is 18.9 Å². The number of esters is 2. The quantitative estimate of drug-likeness (QED) is 0.0195. The Morgan fingerprint density at radius 1 is 0.345 bits per heavy atom. The van der Waals surface area contributed by atoms with Gasteiger partial charge in [-0.2, -0.15) is 0 Å². The average molecular weight is 1230 g/mol. The second-order valence-corrected chi connectivity index (χ2v) is 27.3. The molecule has 0 spiro atoms. The third-order valence-corrected chi connectivity index (χ3v) is 17.4. The summed E-state index contributed by atoms with van der Waals surface area (Å²) in [6.07, 6.45) is 85.4. The molecule has 9 nitrogen and oxygen atoms in total. The molecule has 0 aliphatic carbocycles. The largest absolute Gasteiger partial charge is 0.545 e. The van der Waals surface area contributed by atoms with Crippen molar-refractivity contribution in [2.75, 3.05) is 47.5 Å². The van der Waals surface area contributed by atoms with Gasteiger partial charge in [-0.25, -0.2) is 0 Å². The fraction of sp³-hybridized carbons (Fsp3) is 0.885. The van der Waals surface area contributed by atoms with E-state index < -0.39 is 24.3 Å². The second kappa shape index (κ2) is 69.4. The number of hydrogen-bond donors (Lipinski definition) is 0. The van der Waals surface area contributed by atoms with Crippen molar-refractivity contribution in [3.8, 4) is 0 Å². The number of likely N-dealkylation sites (N-methyl/N-ethyl adjacent to an activating group) is 1. The van der Waals surface area contributed by atoms with Gasteiger partial charge in [0.25, 0.3) is 0 Å². The number of unbranched alkanes of at least 4 members (excludes halogenated alkanes) is 51. The van der Waals surface area contributed by atoms with Crippen LogP contribution in [0.2, 0.25) is 0 Å². The van der Waals surface area contributed by atoms with E-state index in [0.29, 0.717) is 23.9 Å². The van der Waals surface area contributed by atoms with E-state index in [1.54, 1.807) is 0 Å². The van der Waals surface area contributed by atoms with Gasteiger partial charge >= 0.3 is 11.9 Å². The number of carboxylic acids is 1. The van der Waals surface area contributed by atoms with E-state index in [1.807, 2.05) is 21.1 Å². The van der Waals surface area contributed by atoms with Gasteiger partial charge in [0.15, 0.2) is 12.4 Å². The van der Waals surface area contributed by atoms with Crippen molar-refractivity contribution in [3.63, 3.8) is 0 Å². The highest BCUT2D eigenvalue weighted by Gasteiger charge is 2.22. The molecule has 0 bridgehead atoms. The minimum Gasteiger partial charge on any atom is -0.545 e. The molecule has 2 atom stereocenters. The standard InChI is InChI=1S/C78H147NO8/c1-6-8-10-12-14-16-18-20-22-24-26-28-30-32-34-36-37-38-39-41-42-44-46-48-50-52-54-56-58-60-62-64-66-68-75(80)85-72-74(73-86-78(77(82)83)84-71-70-79(3,4)5)87-76(81)69-67-65-63-61-59-57-55-53-51-49-47-45-43-40-35-33-31-29-27-25-23-21-19-17-15-13-11-9-7-2/h19,21,25,27,31,33,74,78H,6-18,20,22-24,26,28-30,32,34-73H2,1-5H3/b21-19-,27-25-,33-31-. The fourth-order valence-corrected chi connectivity index (χ4v) is 11.6. The van der Waals surface area contributed by atoms with Crippen LogP contribution in [0.4, 0.5) is 0 Å². The van der Waals surface area contributed by atoms with Gasteiger partial charge in [0.1, 0.15) is 13.2 Å². The van der Waals surface area contributed by atoms with Crippen LogP contribution in [0.1, 0.15) is 386 Å².